The number of fused-ring (bicyclic) bond motifs is 1. The van der Waals surface area contributed by atoms with Crippen molar-refractivity contribution < 1.29 is 4.39 Å². The van der Waals surface area contributed by atoms with Crippen molar-refractivity contribution >= 4 is 35.6 Å². The summed E-state index contributed by atoms with van der Waals surface area (Å²) in [5, 5.41) is 3.18. The predicted molar refractivity (Wildman–Crippen MR) is 97.3 cm³/mol. The number of pyridine rings is 1. The lowest BCUT2D eigenvalue weighted by atomic mass is 10.2. The number of benzene rings is 1. The third-order valence-electron chi connectivity index (χ3n) is 3.60. The molecular weight excluding hydrogens is 394 g/mol. The summed E-state index contributed by atoms with van der Waals surface area (Å²) >= 11 is 0. The predicted octanol–water partition coefficient (Wildman–Crippen LogP) is 2.98. The van der Waals surface area contributed by atoms with E-state index < -0.39 is 0 Å². The number of para-hydroxylation sites is 1. The molecule has 1 aromatic heterocycles. The second kappa shape index (κ2) is 7.53. The molecule has 0 aliphatic carbocycles. The molecule has 0 bridgehead atoms. The van der Waals surface area contributed by atoms with Crippen LogP contribution in [0.5, 0.6) is 0 Å². The van der Waals surface area contributed by atoms with E-state index in [9.17, 15) is 4.39 Å². The maximum Gasteiger partial charge on any atom is 0.198 e. The Hall–Kier alpha value is -1.70. The Labute approximate surface area is 146 Å². The molecule has 0 amide bonds. The van der Waals surface area contributed by atoms with Gasteiger partial charge in [-0.2, -0.15) is 0 Å². The molecule has 4 nitrogen and oxygen atoms in total. The lowest BCUT2D eigenvalue weighted by Gasteiger charge is -2.22. The zero-order valence-electron chi connectivity index (χ0n) is 12.3. The first kappa shape index (κ1) is 16.7. The number of nitrogens with one attached hydrogen (secondary N) is 1. The van der Waals surface area contributed by atoms with Crippen molar-refractivity contribution in [3.8, 4) is 0 Å². The van der Waals surface area contributed by atoms with Crippen LogP contribution in [0.2, 0.25) is 0 Å². The fraction of sp³-hybridized carbons (Fsp3) is 0.250. The van der Waals surface area contributed by atoms with Crippen LogP contribution in [-0.2, 0) is 13.0 Å². The van der Waals surface area contributed by atoms with Crippen LogP contribution in [0.25, 0.3) is 0 Å². The van der Waals surface area contributed by atoms with Gasteiger partial charge < -0.3 is 10.2 Å². The molecule has 2 aromatic rings. The fourth-order valence-electron chi connectivity index (χ4n) is 2.56. The van der Waals surface area contributed by atoms with Crippen LogP contribution in [0.4, 0.5) is 10.1 Å². The highest BCUT2D eigenvalue weighted by molar-refractivity contribution is 14.0. The topological polar surface area (TPSA) is 40.5 Å². The summed E-state index contributed by atoms with van der Waals surface area (Å²) in [5.74, 6) is 0.437. The quantitative estimate of drug-likeness (QED) is 0.469. The number of anilines is 1. The lowest BCUT2D eigenvalue weighted by molar-refractivity contribution is 0.593. The van der Waals surface area contributed by atoms with Gasteiger partial charge in [-0.05, 0) is 30.2 Å². The van der Waals surface area contributed by atoms with Gasteiger partial charge in [0.2, 0.25) is 0 Å². The van der Waals surface area contributed by atoms with E-state index in [0.717, 1.165) is 24.6 Å². The summed E-state index contributed by atoms with van der Waals surface area (Å²) in [7, 11) is 1.73. The lowest BCUT2D eigenvalue weighted by Crippen LogP contribution is -2.40. The number of hydrogen-bond acceptors (Lipinski definition) is 2. The van der Waals surface area contributed by atoms with E-state index in [-0.39, 0.29) is 29.8 Å². The van der Waals surface area contributed by atoms with E-state index in [4.69, 9.17) is 0 Å². The summed E-state index contributed by atoms with van der Waals surface area (Å²) in [6.45, 7) is 1.20. The first-order chi connectivity index (χ1) is 10.3. The molecule has 22 heavy (non-hydrogen) atoms. The van der Waals surface area contributed by atoms with Crippen molar-refractivity contribution in [2.24, 2.45) is 4.99 Å². The number of hydrogen-bond donors (Lipinski definition) is 1. The molecule has 1 N–H and O–H groups in total. The fourth-order valence-corrected chi connectivity index (χ4v) is 2.56. The molecule has 1 aromatic carbocycles. The smallest absolute Gasteiger partial charge is 0.198 e. The zero-order valence-corrected chi connectivity index (χ0v) is 14.6. The molecule has 2 heterocycles. The maximum atomic E-state index is 13.6. The van der Waals surface area contributed by atoms with Crippen LogP contribution < -0.4 is 10.2 Å². The Bertz CT molecular complexity index is 675. The van der Waals surface area contributed by atoms with Crippen molar-refractivity contribution in [1.82, 2.24) is 10.3 Å². The van der Waals surface area contributed by atoms with Gasteiger partial charge in [0, 0.05) is 25.5 Å². The Morgan fingerprint density at radius 1 is 1.32 bits per heavy atom. The third-order valence-corrected chi connectivity index (χ3v) is 3.60. The second-order valence-electron chi connectivity index (χ2n) is 4.86. The van der Waals surface area contributed by atoms with Crippen LogP contribution in [0, 0.1) is 5.82 Å². The number of aromatic nitrogens is 1. The average molecular weight is 412 g/mol. The molecular formula is C16H18FIN4. The molecule has 0 saturated heterocycles. The van der Waals surface area contributed by atoms with Gasteiger partial charge in [0.25, 0.3) is 0 Å². The zero-order chi connectivity index (χ0) is 14.7. The Kier molecular flexibility index (Phi) is 5.70. The van der Waals surface area contributed by atoms with Gasteiger partial charge in [0.05, 0.1) is 12.2 Å². The maximum absolute atomic E-state index is 13.6. The first-order valence-corrected chi connectivity index (χ1v) is 6.95. The van der Waals surface area contributed by atoms with E-state index in [0.29, 0.717) is 12.2 Å². The van der Waals surface area contributed by atoms with Crippen LogP contribution in [0.3, 0.4) is 0 Å². The molecule has 1 aliphatic rings. The highest BCUT2D eigenvalue weighted by Gasteiger charge is 2.22. The van der Waals surface area contributed by atoms with Gasteiger partial charge in [-0.25, -0.2) is 4.39 Å². The number of nitrogens with zero attached hydrogens (tertiary/aromatic N) is 3. The molecule has 0 fully saturated rings. The number of rotatable bonds is 2. The molecule has 116 valence electrons. The molecule has 1 aliphatic heterocycles. The minimum absolute atomic E-state index is 0. The van der Waals surface area contributed by atoms with Crippen molar-refractivity contribution in [1.29, 1.82) is 0 Å². The van der Waals surface area contributed by atoms with E-state index in [1.807, 2.05) is 12.1 Å². The van der Waals surface area contributed by atoms with Crippen LogP contribution in [0.1, 0.15) is 11.3 Å². The largest absolute Gasteiger partial charge is 0.350 e. The molecule has 6 heteroatoms. The van der Waals surface area contributed by atoms with Crippen molar-refractivity contribution in [3.05, 3.63) is 59.7 Å². The Morgan fingerprint density at radius 3 is 2.91 bits per heavy atom. The third kappa shape index (κ3) is 3.37. The van der Waals surface area contributed by atoms with Gasteiger partial charge in [-0.15, -0.1) is 24.0 Å². The summed E-state index contributed by atoms with van der Waals surface area (Å²) in [6, 6.07) is 11.3. The molecule has 0 radical (unpaired) electrons. The number of guanidine groups is 1. The first-order valence-electron chi connectivity index (χ1n) is 6.95. The van der Waals surface area contributed by atoms with E-state index in [1.165, 1.54) is 11.6 Å². The minimum atomic E-state index is -0.303. The highest BCUT2D eigenvalue weighted by Crippen LogP contribution is 2.27. The summed E-state index contributed by atoms with van der Waals surface area (Å²) in [4.78, 5) is 10.5. The van der Waals surface area contributed by atoms with Gasteiger partial charge >= 0.3 is 0 Å². The Balaban J connectivity index is 0.00000176. The minimum Gasteiger partial charge on any atom is -0.350 e. The van der Waals surface area contributed by atoms with E-state index in [2.05, 4.69) is 32.3 Å². The van der Waals surface area contributed by atoms with Gasteiger partial charge in [0.15, 0.2) is 5.96 Å². The van der Waals surface area contributed by atoms with Gasteiger partial charge in [-0.3, -0.25) is 9.98 Å². The van der Waals surface area contributed by atoms with Crippen LogP contribution in [-0.4, -0.2) is 24.5 Å². The van der Waals surface area contributed by atoms with Crippen LogP contribution >= 0.6 is 24.0 Å². The summed E-state index contributed by atoms with van der Waals surface area (Å²) < 4.78 is 13.6. The SMILES string of the molecule is CN=C(NCc1ncccc1F)N1CCc2ccccc21.I. The van der Waals surface area contributed by atoms with E-state index in [1.54, 1.807) is 19.3 Å². The number of halogens is 2. The van der Waals surface area contributed by atoms with Crippen molar-refractivity contribution in [2.45, 2.75) is 13.0 Å². The molecule has 0 unspecified atom stereocenters. The van der Waals surface area contributed by atoms with Crippen molar-refractivity contribution in [3.63, 3.8) is 0 Å². The molecule has 3 rings (SSSR count). The summed E-state index contributed by atoms with van der Waals surface area (Å²) in [6.07, 6.45) is 2.59. The highest BCUT2D eigenvalue weighted by atomic mass is 127. The Morgan fingerprint density at radius 2 is 2.14 bits per heavy atom. The van der Waals surface area contributed by atoms with Crippen molar-refractivity contribution in [2.75, 3.05) is 18.5 Å². The van der Waals surface area contributed by atoms with Gasteiger partial charge in [-0.1, -0.05) is 18.2 Å². The molecule has 0 spiro atoms. The second-order valence-corrected chi connectivity index (χ2v) is 4.86. The van der Waals surface area contributed by atoms with Crippen LogP contribution in [0.15, 0.2) is 47.6 Å². The normalized spacial score (nSPS) is 13.5. The molecule has 0 atom stereocenters. The van der Waals surface area contributed by atoms with Gasteiger partial charge in [0.1, 0.15) is 5.82 Å². The van der Waals surface area contributed by atoms with E-state index >= 15 is 0 Å². The number of aliphatic imine (C=N–C) groups is 1. The average Bonchev–Trinajstić information content (AvgIpc) is 2.94. The standard InChI is InChI=1S/C16H17FN4.HI/c1-18-16(20-11-14-13(17)6-4-9-19-14)21-10-8-12-5-2-3-7-15(12)21;/h2-7,9H,8,10-11H2,1H3,(H,18,20);1H. The summed E-state index contributed by atoms with van der Waals surface area (Å²) in [5.41, 5.74) is 2.86. The monoisotopic (exact) mass is 412 g/mol. The molecule has 0 saturated carbocycles.